The van der Waals surface area contributed by atoms with Gasteiger partial charge in [-0.15, -0.1) is 0 Å². The predicted molar refractivity (Wildman–Crippen MR) is 117 cm³/mol. The van der Waals surface area contributed by atoms with Gasteiger partial charge in [-0.1, -0.05) is 19.9 Å². The first kappa shape index (κ1) is 22.8. The van der Waals surface area contributed by atoms with Crippen LogP contribution < -0.4 is 16.0 Å². The molecule has 3 N–H and O–H groups in total. The molecule has 1 saturated heterocycles. The molecule has 4 atom stereocenters. The number of carbonyl (C=O) groups is 1. The number of hydrogen-bond donors (Lipinski definition) is 2. The Hall–Kier alpha value is -2.42. The Labute approximate surface area is 185 Å². The number of rotatable bonds is 6. The number of aromatic nitrogens is 2. The third kappa shape index (κ3) is 4.67. The van der Waals surface area contributed by atoms with E-state index >= 15 is 0 Å². The lowest BCUT2D eigenvalue weighted by Crippen LogP contribution is -2.57. The molecule has 32 heavy (non-hydrogen) atoms. The second-order valence-corrected chi connectivity index (χ2v) is 9.20. The van der Waals surface area contributed by atoms with Gasteiger partial charge in [-0.3, -0.25) is 14.8 Å². The number of carbonyl (C=O) groups excluding carboxylic acids is 1. The lowest BCUT2D eigenvalue weighted by Gasteiger charge is -2.40. The van der Waals surface area contributed by atoms with Crippen molar-refractivity contribution in [1.29, 1.82) is 0 Å². The van der Waals surface area contributed by atoms with E-state index in [9.17, 15) is 18.0 Å². The Morgan fingerprint density at radius 1 is 1.19 bits per heavy atom. The molecular formula is C23H30F3N5O. The van der Waals surface area contributed by atoms with Gasteiger partial charge < -0.3 is 16.0 Å². The average molecular weight is 450 g/mol. The number of alkyl halides is 3. The zero-order valence-electron chi connectivity index (χ0n) is 18.4. The third-order valence-electron chi connectivity index (χ3n) is 6.87. The van der Waals surface area contributed by atoms with E-state index in [1.54, 1.807) is 12.4 Å². The van der Waals surface area contributed by atoms with Crippen molar-refractivity contribution in [3.63, 3.8) is 0 Å². The van der Waals surface area contributed by atoms with Crippen LogP contribution in [0.1, 0.15) is 51.0 Å². The molecule has 0 bridgehead atoms. The average Bonchev–Trinajstić information content (AvgIpc) is 3.62. The van der Waals surface area contributed by atoms with Crippen LogP contribution in [0.2, 0.25) is 0 Å². The minimum Gasteiger partial charge on any atom is -0.367 e. The van der Waals surface area contributed by atoms with Crippen LogP contribution >= 0.6 is 0 Å². The highest BCUT2D eigenvalue weighted by Crippen LogP contribution is 2.43. The molecule has 2 aromatic rings. The van der Waals surface area contributed by atoms with Gasteiger partial charge in [-0.2, -0.15) is 13.2 Å². The molecule has 2 heterocycles. The topological polar surface area (TPSA) is 84.1 Å². The first-order valence-corrected chi connectivity index (χ1v) is 11.3. The molecule has 174 valence electrons. The number of halogens is 3. The van der Waals surface area contributed by atoms with E-state index in [1.165, 1.54) is 0 Å². The van der Waals surface area contributed by atoms with Crippen LogP contribution in [-0.4, -0.2) is 47.2 Å². The van der Waals surface area contributed by atoms with Crippen LogP contribution in [0.25, 0.3) is 11.0 Å². The summed E-state index contributed by atoms with van der Waals surface area (Å²) in [5, 5.41) is 2.56. The fourth-order valence-corrected chi connectivity index (χ4v) is 4.72. The molecule has 0 spiro atoms. The van der Waals surface area contributed by atoms with Crippen LogP contribution in [0.5, 0.6) is 0 Å². The van der Waals surface area contributed by atoms with Crippen LogP contribution in [0.4, 0.5) is 18.9 Å². The quantitative estimate of drug-likeness (QED) is 0.702. The number of amides is 1. The van der Waals surface area contributed by atoms with Crippen LogP contribution in [-0.2, 0) is 4.79 Å². The minimum absolute atomic E-state index is 0.303. The molecule has 2 fully saturated rings. The molecule has 9 heteroatoms. The number of hydrogen-bond acceptors (Lipinski definition) is 5. The van der Waals surface area contributed by atoms with E-state index < -0.39 is 24.2 Å². The normalized spacial score (nSPS) is 23.8. The number of piperidine rings is 1. The number of nitrogens with one attached hydrogen (secondary N) is 1. The van der Waals surface area contributed by atoms with Crippen molar-refractivity contribution in [1.82, 2.24) is 15.3 Å². The van der Waals surface area contributed by atoms with Gasteiger partial charge in [-0.25, -0.2) is 0 Å². The van der Waals surface area contributed by atoms with E-state index in [-0.39, 0.29) is 0 Å². The maximum Gasteiger partial charge on any atom is 0.412 e. The molecule has 1 aliphatic heterocycles. The fraction of sp³-hybridized carbons (Fsp3) is 0.609. The summed E-state index contributed by atoms with van der Waals surface area (Å²) in [6.45, 7) is 5.48. The number of fused-ring (bicyclic) bond motifs is 1. The number of benzene rings is 1. The summed E-state index contributed by atoms with van der Waals surface area (Å²) in [5.74, 6) is 0.0118. The standard InChI is InChI=1S/C23H30F3N5O/c1-3-13(2)17-6-7-18(20-19(17)28-8-9-29-20)31-11-15(14-4-5-14)10-16(12-31)30-22(32)21(27)23(24,25)26/h6-9,13-16,21H,3-5,10-12,27H2,1-2H3,(H,30,32). The maximum absolute atomic E-state index is 12.9. The van der Waals surface area contributed by atoms with Crippen molar-refractivity contribution in [3.05, 3.63) is 30.1 Å². The highest BCUT2D eigenvalue weighted by Gasteiger charge is 2.44. The van der Waals surface area contributed by atoms with Crippen LogP contribution in [0, 0.1) is 11.8 Å². The first-order valence-electron chi connectivity index (χ1n) is 11.3. The number of nitrogens with two attached hydrogens (primary N) is 1. The summed E-state index contributed by atoms with van der Waals surface area (Å²) in [5.41, 5.74) is 8.81. The van der Waals surface area contributed by atoms with Gasteiger partial charge in [0.15, 0.2) is 6.04 Å². The Morgan fingerprint density at radius 2 is 1.88 bits per heavy atom. The van der Waals surface area contributed by atoms with Gasteiger partial charge in [0.25, 0.3) is 0 Å². The number of anilines is 1. The summed E-state index contributed by atoms with van der Waals surface area (Å²) < 4.78 is 38.7. The van der Waals surface area contributed by atoms with Crippen LogP contribution in [0.15, 0.2) is 24.5 Å². The molecule has 4 unspecified atom stereocenters. The minimum atomic E-state index is -4.76. The van der Waals surface area contributed by atoms with E-state index in [2.05, 4.69) is 40.1 Å². The van der Waals surface area contributed by atoms with Gasteiger partial charge in [0.2, 0.25) is 5.91 Å². The van der Waals surface area contributed by atoms with Crippen molar-refractivity contribution >= 4 is 22.6 Å². The highest BCUT2D eigenvalue weighted by molar-refractivity contribution is 5.91. The van der Waals surface area contributed by atoms with Crippen molar-refractivity contribution in [2.75, 3.05) is 18.0 Å². The summed E-state index contributed by atoms with van der Waals surface area (Å²) in [6, 6.07) is 1.19. The molecule has 0 radical (unpaired) electrons. The lowest BCUT2D eigenvalue weighted by molar-refractivity contribution is -0.163. The zero-order valence-corrected chi connectivity index (χ0v) is 18.4. The fourth-order valence-electron chi connectivity index (χ4n) is 4.72. The van der Waals surface area contributed by atoms with Gasteiger partial charge in [0.05, 0.1) is 11.2 Å². The first-order chi connectivity index (χ1) is 15.2. The van der Waals surface area contributed by atoms with Crippen molar-refractivity contribution < 1.29 is 18.0 Å². The van der Waals surface area contributed by atoms with Gasteiger partial charge in [0, 0.05) is 31.5 Å². The zero-order chi connectivity index (χ0) is 23.0. The molecule has 1 amide bonds. The van der Waals surface area contributed by atoms with E-state index in [4.69, 9.17) is 5.73 Å². The van der Waals surface area contributed by atoms with E-state index in [0.29, 0.717) is 30.7 Å². The van der Waals surface area contributed by atoms with E-state index in [1.807, 2.05) is 6.07 Å². The SMILES string of the molecule is CCC(C)c1ccc(N2CC(NC(=O)C(N)C(F)(F)F)CC(C3CC3)C2)c2nccnc12. The molecule has 1 aromatic carbocycles. The maximum atomic E-state index is 12.9. The molecule has 1 saturated carbocycles. The molecule has 6 nitrogen and oxygen atoms in total. The number of nitrogens with zero attached hydrogens (tertiary/aromatic N) is 3. The second kappa shape index (κ2) is 8.84. The molecule has 4 rings (SSSR count). The summed E-state index contributed by atoms with van der Waals surface area (Å²) >= 11 is 0. The predicted octanol–water partition coefficient (Wildman–Crippen LogP) is 3.75. The highest BCUT2D eigenvalue weighted by atomic mass is 19.4. The van der Waals surface area contributed by atoms with Gasteiger partial charge >= 0.3 is 6.18 Å². The van der Waals surface area contributed by atoms with Crippen LogP contribution in [0.3, 0.4) is 0 Å². The largest absolute Gasteiger partial charge is 0.412 e. The summed E-state index contributed by atoms with van der Waals surface area (Å²) in [4.78, 5) is 23.5. The Balaban J connectivity index is 1.63. The smallest absolute Gasteiger partial charge is 0.367 e. The molecule has 1 aliphatic carbocycles. The molecular weight excluding hydrogens is 419 g/mol. The van der Waals surface area contributed by atoms with Crippen molar-refractivity contribution in [3.8, 4) is 0 Å². The van der Waals surface area contributed by atoms with Gasteiger partial charge in [-0.05, 0) is 55.1 Å². The summed E-state index contributed by atoms with van der Waals surface area (Å²) in [6.07, 6.45) is 2.46. The van der Waals surface area contributed by atoms with Crippen molar-refractivity contribution in [2.45, 2.75) is 63.7 Å². The molecule has 1 aromatic heterocycles. The Bertz CT molecular complexity index is 978. The Morgan fingerprint density at radius 3 is 2.50 bits per heavy atom. The third-order valence-corrected chi connectivity index (χ3v) is 6.87. The second-order valence-electron chi connectivity index (χ2n) is 9.20. The van der Waals surface area contributed by atoms with Crippen molar-refractivity contribution in [2.24, 2.45) is 17.6 Å². The Kier molecular flexibility index (Phi) is 6.29. The lowest BCUT2D eigenvalue weighted by atomic mass is 9.89. The van der Waals surface area contributed by atoms with Gasteiger partial charge in [0.1, 0.15) is 5.52 Å². The van der Waals surface area contributed by atoms with E-state index in [0.717, 1.165) is 48.1 Å². The molecule has 2 aliphatic rings. The monoisotopic (exact) mass is 449 g/mol. The summed E-state index contributed by atoms with van der Waals surface area (Å²) in [7, 11) is 0.